The van der Waals surface area contributed by atoms with Crippen molar-refractivity contribution in [3.05, 3.63) is 12.2 Å². The molecular formula is C14H26N6O. The van der Waals surface area contributed by atoms with Crippen molar-refractivity contribution in [2.24, 2.45) is 10.9 Å². The summed E-state index contributed by atoms with van der Waals surface area (Å²) in [6, 6.07) is 0. The Hall–Kier alpha value is -1.63. The molecule has 1 aliphatic carbocycles. The van der Waals surface area contributed by atoms with Gasteiger partial charge < -0.3 is 19.5 Å². The van der Waals surface area contributed by atoms with Crippen LogP contribution in [0.3, 0.4) is 0 Å². The van der Waals surface area contributed by atoms with Gasteiger partial charge in [0, 0.05) is 33.8 Å². The summed E-state index contributed by atoms with van der Waals surface area (Å²) in [4.78, 5) is 6.36. The zero-order valence-electron chi connectivity index (χ0n) is 13.2. The summed E-state index contributed by atoms with van der Waals surface area (Å²) >= 11 is 0. The first-order valence-electron chi connectivity index (χ1n) is 7.60. The maximum Gasteiger partial charge on any atom is 0.193 e. The molecule has 1 aromatic rings. The number of hydrogen-bond donors (Lipinski definition) is 1. The average molecular weight is 294 g/mol. The maximum absolute atomic E-state index is 5.66. The first-order valence-corrected chi connectivity index (χ1v) is 7.60. The summed E-state index contributed by atoms with van der Waals surface area (Å²) in [5, 5.41) is 11.3. The van der Waals surface area contributed by atoms with E-state index in [1.54, 1.807) is 13.4 Å². The normalized spacial score (nSPS) is 15.3. The molecule has 1 N–H and O–H groups in total. The largest absolute Gasteiger partial charge is 0.379 e. The summed E-state index contributed by atoms with van der Waals surface area (Å²) in [5.74, 6) is 2.57. The fourth-order valence-corrected chi connectivity index (χ4v) is 2.06. The third-order valence-electron chi connectivity index (χ3n) is 3.64. The molecule has 0 amide bonds. The van der Waals surface area contributed by atoms with E-state index in [-0.39, 0.29) is 0 Å². The lowest BCUT2D eigenvalue weighted by atomic mass is 10.5. The highest BCUT2D eigenvalue weighted by atomic mass is 16.5. The molecule has 7 nitrogen and oxygen atoms in total. The van der Waals surface area contributed by atoms with Gasteiger partial charge in [0.05, 0.1) is 13.2 Å². The predicted molar refractivity (Wildman–Crippen MR) is 82.1 cm³/mol. The molecule has 1 aromatic heterocycles. The molecule has 0 spiro atoms. The highest BCUT2D eigenvalue weighted by Crippen LogP contribution is 2.28. The van der Waals surface area contributed by atoms with E-state index in [2.05, 4.69) is 32.3 Å². The first kappa shape index (κ1) is 15.8. The molecule has 0 aromatic carbocycles. The lowest BCUT2D eigenvalue weighted by molar-refractivity contribution is 0.115. The van der Waals surface area contributed by atoms with Crippen LogP contribution in [0.1, 0.15) is 25.6 Å². The molecule has 7 heteroatoms. The van der Waals surface area contributed by atoms with Gasteiger partial charge in [0.25, 0.3) is 0 Å². The van der Waals surface area contributed by atoms with Gasteiger partial charge in [-0.15, -0.1) is 10.2 Å². The van der Waals surface area contributed by atoms with Gasteiger partial charge in [0.2, 0.25) is 0 Å². The van der Waals surface area contributed by atoms with Crippen LogP contribution < -0.4 is 5.32 Å². The number of aromatic nitrogens is 3. The molecule has 0 atom stereocenters. The van der Waals surface area contributed by atoms with Crippen LogP contribution in [-0.2, 0) is 17.8 Å². The fraction of sp³-hybridized carbons (Fsp3) is 0.786. The maximum atomic E-state index is 5.66. The topological polar surface area (TPSA) is 67.6 Å². The number of ether oxygens (including phenoxy) is 1. The van der Waals surface area contributed by atoms with E-state index in [1.165, 1.54) is 12.8 Å². The summed E-state index contributed by atoms with van der Waals surface area (Å²) in [6.07, 6.45) is 4.41. The second kappa shape index (κ2) is 7.97. The highest BCUT2D eigenvalue weighted by Gasteiger charge is 2.21. The molecule has 2 rings (SSSR count). The molecular weight excluding hydrogens is 268 g/mol. The molecule has 1 saturated carbocycles. The molecule has 0 unspecified atom stereocenters. The first-order chi connectivity index (χ1) is 10.2. The number of aryl methyl sites for hydroxylation is 1. The van der Waals surface area contributed by atoms with Crippen LogP contribution >= 0.6 is 0 Å². The summed E-state index contributed by atoms with van der Waals surface area (Å²) in [5.41, 5.74) is 0. The molecule has 118 valence electrons. The Morgan fingerprint density at radius 1 is 1.57 bits per heavy atom. The molecule has 1 heterocycles. The Labute approximate surface area is 126 Å². The van der Waals surface area contributed by atoms with E-state index < -0.39 is 0 Å². The van der Waals surface area contributed by atoms with E-state index in [1.807, 2.05) is 11.6 Å². The molecule has 0 radical (unpaired) electrons. The number of aliphatic imine (C=N–C) groups is 1. The van der Waals surface area contributed by atoms with Crippen LogP contribution in [0, 0.1) is 5.92 Å². The van der Waals surface area contributed by atoms with Gasteiger partial charge in [-0.2, -0.15) is 0 Å². The number of nitrogens with one attached hydrogen (secondary N) is 1. The van der Waals surface area contributed by atoms with E-state index in [0.717, 1.165) is 44.0 Å². The van der Waals surface area contributed by atoms with Crippen LogP contribution in [0.5, 0.6) is 0 Å². The third-order valence-corrected chi connectivity index (χ3v) is 3.64. The van der Waals surface area contributed by atoms with Gasteiger partial charge >= 0.3 is 0 Å². The summed E-state index contributed by atoms with van der Waals surface area (Å²) < 4.78 is 7.67. The van der Waals surface area contributed by atoms with E-state index in [9.17, 15) is 0 Å². The fourth-order valence-electron chi connectivity index (χ4n) is 2.06. The summed E-state index contributed by atoms with van der Waals surface area (Å²) in [7, 11) is 3.80. The lowest BCUT2D eigenvalue weighted by Crippen LogP contribution is -2.40. The molecule has 21 heavy (non-hydrogen) atoms. The predicted octanol–water partition coefficient (Wildman–Crippen LogP) is 0.732. The zero-order valence-corrected chi connectivity index (χ0v) is 13.2. The lowest BCUT2D eigenvalue weighted by Gasteiger charge is -2.21. The number of guanidine groups is 1. The van der Waals surface area contributed by atoms with Gasteiger partial charge in [0.1, 0.15) is 6.33 Å². The smallest absolute Gasteiger partial charge is 0.193 e. The van der Waals surface area contributed by atoms with Gasteiger partial charge in [-0.3, -0.25) is 4.99 Å². The SMILES string of the molecule is CCn1cnnc1CNC(=NC)N(C)CCOCC1CC1. The second-order valence-corrected chi connectivity index (χ2v) is 5.37. The number of likely N-dealkylation sites (N-methyl/N-ethyl adjacent to an activating group) is 1. The molecule has 1 fully saturated rings. The van der Waals surface area contributed by atoms with Crippen LogP contribution in [0.25, 0.3) is 0 Å². The monoisotopic (exact) mass is 294 g/mol. The Morgan fingerprint density at radius 3 is 3.05 bits per heavy atom. The Kier molecular flexibility index (Phi) is 5.98. The van der Waals surface area contributed by atoms with Gasteiger partial charge in [-0.25, -0.2) is 0 Å². The van der Waals surface area contributed by atoms with Crippen molar-refractivity contribution in [3.8, 4) is 0 Å². The standard InChI is InChI=1S/C14H26N6O/c1-4-20-11-17-18-13(20)9-16-14(15-2)19(3)7-8-21-10-12-5-6-12/h11-12H,4-10H2,1-3H3,(H,15,16). The summed E-state index contributed by atoms with van der Waals surface area (Å²) in [6.45, 7) is 6.03. The Bertz CT molecular complexity index is 454. The molecule has 0 aliphatic heterocycles. The number of nitrogens with zero attached hydrogens (tertiary/aromatic N) is 5. The Balaban J connectivity index is 1.70. The van der Waals surface area contributed by atoms with Crippen molar-refractivity contribution in [2.75, 3.05) is 33.9 Å². The minimum atomic E-state index is 0.619. The number of rotatable bonds is 8. The Morgan fingerprint density at radius 2 is 2.38 bits per heavy atom. The van der Waals surface area contributed by atoms with Crippen LogP contribution in [0.2, 0.25) is 0 Å². The van der Waals surface area contributed by atoms with Gasteiger partial charge in [0.15, 0.2) is 11.8 Å². The van der Waals surface area contributed by atoms with Crippen molar-refractivity contribution in [2.45, 2.75) is 32.9 Å². The minimum Gasteiger partial charge on any atom is -0.379 e. The van der Waals surface area contributed by atoms with Crippen molar-refractivity contribution in [1.29, 1.82) is 0 Å². The van der Waals surface area contributed by atoms with Gasteiger partial charge in [-0.1, -0.05) is 0 Å². The van der Waals surface area contributed by atoms with Crippen molar-refractivity contribution in [1.82, 2.24) is 25.0 Å². The van der Waals surface area contributed by atoms with Crippen LogP contribution in [0.4, 0.5) is 0 Å². The third kappa shape index (κ3) is 5.00. The van der Waals surface area contributed by atoms with Crippen LogP contribution in [0.15, 0.2) is 11.3 Å². The average Bonchev–Trinajstić information content (AvgIpc) is 3.21. The molecule has 0 saturated heterocycles. The zero-order chi connectivity index (χ0) is 15.1. The van der Waals surface area contributed by atoms with Gasteiger partial charge in [-0.05, 0) is 25.7 Å². The molecule has 0 bridgehead atoms. The van der Waals surface area contributed by atoms with Crippen molar-refractivity contribution >= 4 is 5.96 Å². The van der Waals surface area contributed by atoms with E-state index in [0.29, 0.717) is 6.54 Å². The van der Waals surface area contributed by atoms with Crippen LogP contribution in [-0.4, -0.2) is 59.5 Å². The highest BCUT2D eigenvalue weighted by molar-refractivity contribution is 5.79. The van der Waals surface area contributed by atoms with Crippen molar-refractivity contribution in [3.63, 3.8) is 0 Å². The van der Waals surface area contributed by atoms with Crippen molar-refractivity contribution < 1.29 is 4.74 Å². The van der Waals surface area contributed by atoms with E-state index >= 15 is 0 Å². The van der Waals surface area contributed by atoms with E-state index in [4.69, 9.17) is 4.74 Å². The second-order valence-electron chi connectivity index (χ2n) is 5.37. The minimum absolute atomic E-state index is 0.619. The number of hydrogen-bond acceptors (Lipinski definition) is 4. The quantitative estimate of drug-likeness (QED) is 0.435. The molecule has 1 aliphatic rings.